The van der Waals surface area contributed by atoms with Gasteiger partial charge in [0, 0.05) is 13.0 Å². The maximum Gasteiger partial charge on any atom is 0.221 e. The zero-order valence-corrected chi connectivity index (χ0v) is 10.6. The van der Waals surface area contributed by atoms with Crippen molar-refractivity contribution in [2.75, 3.05) is 12.4 Å². The van der Waals surface area contributed by atoms with Gasteiger partial charge >= 0.3 is 0 Å². The van der Waals surface area contributed by atoms with Gasteiger partial charge in [-0.15, -0.1) is 0 Å². The molecule has 0 aromatic heterocycles. The monoisotopic (exact) mass is 240 g/mol. The van der Waals surface area contributed by atoms with Crippen LogP contribution >= 0.6 is 11.6 Å². The van der Waals surface area contributed by atoms with Crippen molar-refractivity contribution in [2.45, 2.75) is 26.3 Å². The third kappa shape index (κ3) is 3.51. The predicted molar refractivity (Wildman–Crippen MR) is 68.0 cm³/mol. The van der Waals surface area contributed by atoms with E-state index in [0.29, 0.717) is 11.1 Å². The Bertz CT molecular complexity index is 379. The summed E-state index contributed by atoms with van der Waals surface area (Å²) in [5, 5.41) is 6.51. The van der Waals surface area contributed by atoms with Crippen LogP contribution in [0.4, 0.5) is 5.69 Å². The number of halogens is 1. The van der Waals surface area contributed by atoms with Gasteiger partial charge in [0.05, 0.1) is 10.7 Å². The van der Waals surface area contributed by atoms with Gasteiger partial charge in [-0.1, -0.05) is 23.7 Å². The Morgan fingerprint density at radius 3 is 2.75 bits per heavy atom. The normalized spacial score (nSPS) is 12.2. The highest BCUT2D eigenvalue weighted by Gasteiger charge is 2.10. The molecular formula is C12H17ClN2O. The molecule has 1 atom stereocenters. The fourth-order valence-electron chi connectivity index (χ4n) is 1.49. The molecule has 0 aliphatic rings. The fourth-order valence-corrected chi connectivity index (χ4v) is 1.73. The average molecular weight is 241 g/mol. The summed E-state index contributed by atoms with van der Waals surface area (Å²) in [6.45, 7) is 3.56. The molecule has 2 N–H and O–H groups in total. The van der Waals surface area contributed by atoms with E-state index in [9.17, 15) is 4.79 Å². The highest BCUT2D eigenvalue weighted by molar-refractivity contribution is 6.33. The van der Waals surface area contributed by atoms with Crippen LogP contribution in [0.25, 0.3) is 0 Å². The molecule has 1 rings (SSSR count). The Hall–Kier alpha value is -1.06. The van der Waals surface area contributed by atoms with E-state index < -0.39 is 0 Å². The van der Waals surface area contributed by atoms with E-state index in [0.717, 1.165) is 17.7 Å². The SMILES string of the molecule is CNC(C)Cc1cccc(Cl)c1NC(C)=O. The lowest BCUT2D eigenvalue weighted by atomic mass is 10.0. The molecular weight excluding hydrogens is 224 g/mol. The van der Waals surface area contributed by atoms with Crippen molar-refractivity contribution < 1.29 is 4.79 Å². The predicted octanol–water partition coefficient (Wildman–Crippen LogP) is 2.45. The van der Waals surface area contributed by atoms with Crippen LogP contribution in [0.1, 0.15) is 19.4 Å². The summed E-state index contributed by atoms with van der Waals surface area (Å²) in [5.74, 6) is -0.105. The molecule has 0 aliphatic carbocycles. The van der Waals surface area contributed by atoms with E-state index in [4.69, 9.17) is 11.6 Å². The number of rotatable bonds is 4. The van der Waals surface area contributed by atoms with Crippen molar-refractivity contribution in [3.05, 3.63) is 28.8 Å². The van der Waals surface area contributed by atoms with Crippen molar-refractivity contribution in [3.8, 4) is 0 Å². The van der Waals surface area contributed by atoms with E-state index in [1.165, 1.54) is 6.92 Å². The number of carbonyl (C=O) groups is 1. The molecule has 0 aliphatic heterocycles. The fraction of sp³-hybridized carbons (Fsp3) is 0.417. The first kappa shape index (κ1) is 13.0. The van der Waals surface area contributed by atoms with Crippen LogP contribution in [-0.4, -0.2) is 19.0 Å². The summed E-state index contributed by atoms with van der Waals surface area (Å²) >= 11 is 6.06. The van der Waals surface area contributed by atoms with Gasteiger partial charge in [-0.25, -0.2) is 0 Å². The van der Waals surface area contributed by atoms with Gasteiger partial charge in [-0.3, -0.25) is 4.79 Å². The number of amides is 1. The third-order valence-electron chi connectivity index (χ3n) is 2.42. The van der Waals surface area contributed by atoms with Crippen molar-refractivity contribution in [3.63, 3.8) is 0 Å². The molecule has 1 amide bonds. The molecule has 3 nitrogen and oxygen atoms in total. The van der Waals surface area contributed by atoms with Gasteiger partial charge in [-0.2, -0.15) is 0 Å². The van der Waals surface area contributed by atoms with Gasteiger partial charge in [0.2, 0.25) is 5.91 Å². The number of nitrogens with one attached hydrogen (secondary N) is 2. The quantitative estimate of drug-likeness (QED) is 0.849. The molecule has 0 radical (unpaired) electrons. The number of para-hydroxylation sites is 1. The molecule has 0 spiro atoms. The van der Waals surface area contributed by atoms with Gasteiger partial charge < -0.3 is 10.6 Å². The summed E-state index contributed by atoms with van der Waals surface area (Å²) in [6, 6.07) is 5.99. The molecule has 0 fully saturated rings. The molecule has 88 valence electrons. The number of hydrogen-bond donors (Lipinski definition) is 2. The molecule has 0 bridgehead atoms. The third-order valence-corrected chi connectivity index (χ3v) is 2.73. The Balaban J connectivity index is 2.97. The Kier molecular flexibility index (Phi) is 4.77. The zero-order valence-electron chi connectivity index (χ0n) is 9.80. The first-order chi connectivity index (χ1) is 7.54. The van der Waals surface area contributed by atoms with Crippen LogP contribution in [0.2, 0.25) is 5.02 Å². The van der Waals surface area contributed by atoms with Crippen LogP contribution in [0.3, 0.4) is 0 Å². The van der Waals surface area contributed by atoms with Crippen molar-refractivity contribution >= 4 is 23.2 Å². The molecule has 4 heteroatoms. The molecule has 0 saturated carbocycles. The molecule has 0 heterocycles. The minimum atomic E-state index is -0.105. The topological polar surface area (TPSA) is 41.1 Å². The maximum absolute atomic E-state index is 11.1. The van der Waals surface area contributed by atoms with Crippen LogP contribution < -0.4 is 10.6 Å². The van der Waals surface area contributed by atoms with E-state index in [1.54, 1.807) is 6.07 Å². The summed E-state index contributed by atoms with van der Waals surface area (Å²) < 4.78 is 0. The summed E-state index contributed by atoms with van der Waals surface area (Å²) in [5.41, 5.74) is 1.77. The summed E-state index contributed by atoms with van der Waals surface area (Å²) in [7, 11) is 1.91. The van der Waals surface area contributed by atoms with Crippen LogP contribution in [0.5, 0.6) is 0 Å². The highest BCUT2D eigenvalue weighted by Crippen LogP contribution is 2.26. The minimum absolute atomic E-state index is 0.105. The van der Waals surface area contributed by atoms with Crippen molar-refractivity contribution in [1.82, 2.24) is 5.32 Å². The Morgan fingerprint density at radius 1 is 1.50 bits per heavy atom. The lowest BCUT2D eigenvalue weighted by molar-refractivity contribution is -0.114. The van der Waals surface area contributed by atoms with Crippen molar-refractivity contribution in [2.24, 2.45) is 0 Å². The molecule has 16 heavy (non-hydrogen) atoms. The number of benzene rings is 1. The van der Waals surface area contributed by atoms with Gasteiger partial charge in [0.1, 0.15) is 0 Å². The van der Waals surface area contributed by atoms with Crippen LogP contribution in [0.15, 0.2) is 18.2 Å². The van der Waals surface area contributed by atoms with Crippen molar-refractivity contribution in [1.29, 1.82) is 0 Å². The molecule has 1 aromatic rings. The smallest absolute Gasteiger partial charge is 0.221 e. The largest absolute Gasteiger partial charge is 0.325 e. The number of carbonyl (C=O) groups excluding carboxylic acids is 1. The van der Waals surface area contributed by atoms with Crippen LogP contribution in [0, 0.1) is 0 Å². The maximum atomic E-state index is 11.1. The van der Waals surface area contributed by atoms with E-state index in [1.807, 2.05) is 19.2 Å². The number of anilines is 1. The Labute approximate surface area is 101 Å². The second kappa shape index (κ2) is 5.87. The van der Waals surface area contributed by atoms with E-state index in [2.05, 4.69) is 17.6 Å². The van der Waals surface area contributed by atoms with Gasteiger partial charge in [0.25, 0.3) is 0 Å². The standard InChI is InChI=1S/C12H17ClN2O/c1-8(14-3)7-10-5-4-6-11(13)12(10)15-9(2)16/h4-6,8,14H,7H2,1-3H3,(H,15,16). The molecule has 1 aromatic carbocycles. The second-order valence-corrected chi connectivity index (χ2v) is 4.26. The van der Waals surface area contributed by atoms with Gasteiger partial charge in [0.15, 0.2) is 0 Å². The number of likely N-dealkylation sites (N-methyl/N-ethyl adjacent to an activating group) is 1. The molecule has 1 unspecified atom stereocenters. The lowest BCUT2D eigenvalue weighted by Gasteiger charge is -2.15. The highest BCUT2D eigenvalue weighted by atomic mass is 35.5. The second-order valence-electron chi connectivity index (χ2n) is 3.85. The number of hydrogen-bond acceptors (Lipinski definition) is 2. The van der Waals surface area contributed by atoms with Gasteiger partial charge in [-0.05, 0) is 32.0 Å². The van der Waals surface area contributed by atoms with E-state index >= 15 is 0 Å². The average Bonchev–Trinajstić information content (AvgIpc) is 2.22. The Morgan fingerprint density at radius 2 is 2.19 bits per heavy atom. The van der Waals surface area contributed by atoms with Crippen LogP contribution in [-0.2, 0) is 11.2 Å². The van der Waals surface area contributed by atoms with E-state index in [-0.39, 0.29) is 5.91 Å². The molecule has 0 saturated heterocycles. The first-order valence-electron chi connectivity index (χ1n) is 5.26. The first-order valence-corrected chi connectivity index (χ1v) is 5.64. The zero-order chi connectivity index (χ0) is 12.1. The minimum Gasteiger partial charge on any atom is -0.325 e. The summed E-state index contributed by atoms with van der Waals surface area (Å²) in [6.07, 6.45) is 0.826. The lowest BCUT2D eigenvalue weighted by Crippen LogP contribution is -2.24. The summed E-state index contributed by atoms with van der Waals surface area (Å²) in [4.78, 5) is 11.1.